The minimum atomic E-state index is -0.599. The van der Waals surface area contributed by atoms with Gasteiger partial charge >= 0.3 is 0 Å². The summed E-state index contributed by atoms with van der Waals surface area (Å²) in [5.74, 6) is 0.708. The van der Waals surface area contributed by atoms with Crippen LogP contribution in [-0.2, 0) is 9.53 Å². The van der Waals surface area contributed by atoms with Crippen molar-refractivity contribution in [3.05, 3.63) is 29.8 Å². The van der Waals surface area contributed by atoms with Crippen molar-refractivity contribution in [1.82, 2.24) is 5.32 Å². The Morgan fingerprint density at radius 3 is 3.18 bits per heavy atom. The lowest BCUT2D eigenvalue weighted by atomic mass is 10.1. The molecule has 0 aliphatic carbocycles. The Labute approximate surface area is 105 Å². The number of carbonyl (C=O) groups excluding carboxylic acids is 1. The summed E-state index contributed by atoms with van der Waals surface area (Å²) in [5, 5.41) is 2.95. The highest BCUT2D eigenvalue weighted by atomic mass is 32.2. The van der Waals surface area contributed by atoms with Crippen LogP contribution in [0.5, 0.6) is 0 Å². The predicted molar refractivity (Wildman–Crippen MR) is 67.9 cm³/mol. The number of ether oxygens (including phenoxy) is 1. The molecule has 0 fully saturated rings. The van der Waals surface area contributed by atoms with Gasteiger partial charge in [-0.05, 0) is 11.6 Å². The number of hydrogen-bond acceptors (Lipinski definition) is 4. The molecule has 0 saturated heterocycles. The van der Waals surface area contributed by atoms with Gasteiger partial charge in [-0.25, -0.2) is 0 Å². The van der Waals surface area contributed by atoms with Crippen LogP contribution in [0.2, 0.25) is 0 Å². The highest BCUT2D eigenvalue weighted by Gasteiger charge is 2.25. The van der Waals surface area contributed by atoms with Crippen molar-refractivity contribution in [2.45, 2.75) is 17.0 Å². The summed E-state index contributed by atoms with van der Waals surface area (Å²) in [6, 6.07) is 7.57. The normalized spacial score (nSPS) is 19.8. The van der Waals surface area contributed by atoms with Crippen LogP contribution in [0.4, 0.5) is 0 Å². The van der Waals surface area contributed by atoms with Gasteiger partial charge in [-0.1, -0.05) is 18.2 Å². The van der Waals surface area contributed by atoms with Gasteiger partial charge in [0.25, 0.3) is 0 Å². The number of carbonyl (C=O) groups is 1. The van der Waals surface area contributed by atoms with Gasteiger partial charge in [0.2, 0.25) is 5.91 Å². The molecule has 0 saturated carbocycles. The molecule has 2 rings (SSSR count). The molecule has 1 aliphatic heterocycles. The number of fused-ring (bicyclic) bond motifs is 1. The van der Waals surface area contributed by atoms with Crippen LogP contribution < -0.4 is 11.1 Å². The van der Waals surface area contributed by atoms with Crippen LogP contribution in [0.1, 0.15) is 11.6 Å². The first kappa shape index (κ1) is 12.4. The maximum absolute atomic E-state index is 11.8. The van der Waals surface area contributed by atoms with Crippen LogP contribution in [0.15, 0.2) is 29.2 Å². The molecule has 0 aromatic heterocycles. The molecule has 17 heavy (non-hydrogen) atoms. The fraction of sp³-hybridized carbons (Fsp3) is 0.417. The third-order valence-electron chi connectivity index (χ3n) is 2.70. The summed E-state index contributed by atoms with van der Waals surface area (Å²) >= 11 is 1.76. The summed E-state index contributed by atoms with van der Waals surface area (Å²) in [5.41, 5.74) is 6.86. The first-order chi connectivity index (χ1) is 8.22. The second-order valence-corrected chi connectivity index (χ2v) is 5.03. The third kappa shape index (κ3) is 2.80. The van der Waals surface area contributed by atoms with Crippen molar-refractivity contribution < 1.29 is 9.53 Å². The number of methoxy groups -OCH3 is 1. The molecule has 4 nitrogen and oxygen atoms in total. The van der Waals surface area contributed by atoms with Crippen molar-refractivity contribution in [3.8, 4) is 0 Å². The number of thioether (sulfide) groups is 1. The van der Waals surface area contributed by atoms with Gasteiger partial charge in [0.1, 0.15) is 6.04 Å². The molecule has 2 atom stereocenters. The van der Waals surface area contributed by atoms with E-state index >= 15 is 0 Å². The van der Waals surface area contributed by atoms with E-state index in [0.717, 1.165) is 5.75 Å². The van der Waals surface area contributed by atoms with E-state index in [2.05, 4.69) is 11.4 Å². The molecule has 5 heteroatoms. The first-order valence-corrected chi connectivity index (χ1v) is 6.47. The molecule has 2 unspecified atom stereocenters. The molecule has 3 N–H and O–H groups in total. The van der Waals surface area contributed by atoms with Crippen LogP contribution in [0.3, 0.4) is 0 Å². The van der Waals surface area contributed by atoms with Crippen LogP contribution in [0, 0.1) is 0 Å². The average molecular weight is 252 g/mol. The van der Waals surface area contributed by atoms with E-state index in [-0.39, 0.29) is 18.6 Å². The Morgan fingerprint density at radius 2 is 2.41 bits per heavy atom. The molecule has 1 amide bonds. The number of hydrogen-bond donors (Lipinski definition) is 2. The SMILES string of the molecule is COCC(N)C(=O)NC1CSc2ccccc21. The van der Waals surface area contributed by atoms with E-state index in [9.17, 15) is 4.79 Å². The van der Waals surface area contributed by atoms with Crippen molar-refractivity contribution in [2.24, 2.45) is 5.73 Å². The van der Waals surface area contributed by atoms with E-state index in [0.29, 0.717) is 0 Å². The highest BCUT2D eigenvalue weighted by molar-refractivity contribution is 7.99. The first-order valence-electron chi connectivity index (χ1n) is 5.49. The van der Waals surface area contributed by atoms with Crippen LogP contribution >= 0.6 is 11.8 Å². The maximum atomic E-state index is 11.8. The number of nitrogens with two attached hydrogens (primary N) is 1. The summed E-state index contributed by atoms with van der Waals surface area (Å²) in [6.45, 7) is 0.243. The molecule has 0 radical (unpaired) electrons. The Bertz CT molecular complexity index is 411. The number of amides is 1. The quantitative estimate of drug-likeness (QED) is 0.836. The monoisotopic (exact) mass is 252 g/mol. The molecule has 1 aliphatic rings. The molecule has 1 aromatic carbocycles. The lowest BCUT2D eigenvalue weighted by Crippen LogP contribution is -2.44. The Kier molecular flexibility index (Phi) is 4.04. The van der Waals surface area contributed by atoms with Crippen molar-refractivity contribution >= 4 is 17.7 Å². The highest BCUT2D eigenvalue weighted by Crippen LogP contribution is 2.37. The zero-order valence-corrected chi connectivity index (χ0v) is 10.5. The Hall–Kier alpha value is -1.04. The Balaban J connectivity index is 2.00. The second-order valence-electron chi connectivity index (χ2n) is 3.97. The number of nitrogens with one attached hydrogen (secondary N) is 1. The van der Waals surface area contributed by atoms with Crippen molar-refractivity contribution in [2.75, 3.05) is 19.5 Å². The van der Waals surface area contributed by atoms with Crippen LogP contribution in [0.25, 0.3) is 0 Å². The number of rotatable bonds is 4. The van der Waals surface area contributed by atoms with Gasteiger partial charge in [-0.15, -0.1) is 11.8 Å². The molecule has 92 valence electrons. The maximum Gasteiger partial charge on any atom is 0.239 e. The average Bonchev–Trinajstić information content (AvgIpc) is 2.73. The Morgan fingerprint density at radius 1 is 1.65 bits per heavy atom. The van der Waals surface area contributed by atoms with Gasteiger partial charge in [0, 0.05) is 17.8 Å². The topological polar surface area (TPSA) is 64.3 Å². The van der Waals surface area contributed by atoms with E-state index in [4.69, 9.17) is 10.5 Å². The zero-order valence-electron chi connectivity index (χ0n) is 9.68. The third-order valence-corrected chi connectivity index (χ3v) is 3.88. The van der Waals surface area contributed by atoms with Gasteiger partial charge in [-0.2, -0.15) is 0 Å². The minimum Gasteiger partial charge on any atom is -0.383 e. The van der Waals surface area contributed by atoms with E-state index < -0.39 is 6.04 Å². The van der Waals surface area contributed by atoms with Gasteiger partial charge in [0.05, 0.1) is 12.6 Å². The van der Waals surface area contributed by atoms with E-state index in [1.54, 1.807) is 11.8 Å². The molecule has 1 heterocycles. The summed E-state index contributed by atoms with van der Waals surface area (Å²) < 4.78 is 4.87. The van der Waals surface area contributed by atoms with Gasteiger partial charge in [0.15, 0.2) is 0 Å². The molecular weight excluding hydrogens is 236 g/mol. The van der Waals surface area contributed by atoms with E-state index in [1.807, 2.05) is 18.2 Å². The van der Waals surface area contributed by atoms with Gasteiger partial charge < -0.3 is 15.8 Å². The van der Waals surface area contributed by atoms with Crippen molar-refractivity contribution in [3.63, 3.8) is 0 Å². The minimum absolute atomic E-state index is 0.0617. The fourth-order valence-electron chi connectivity index (χ4n) is 1.82. The lowest BCUT2D eigenvalue weighted by Gasteiger charge is -2.16. The van der Waals surface area contributed by atoms with Crippen LogP contribution in [-0.4, -0.2) is 31.4 Å². The largest absolute Gasteiger partial charge is 0.383 e. The summed E-state index contributed by atoms with van der Waals surface area (Å²) in [7, 11) is 1.54. The second kappa shape index (κ2) is 5.53. The molecule has 0 spiro atoms. The molecular formula is C12H16N2O2S. The smallest absolute Gasteiger partial charge is 0.239 e. The number of benzene rings is 1. The summed E-state index contributed by atoms with van der Waals surface area (Å²) in [6.07, 6.45) is 0. The zero-order chi connectivity index (χ0) is 12.3. The molecule has 1 aromatic rings. The van der Waals surface area contributed by atoms with E-state index in [1.165, 1.54) is 17.6 Å². The predicted octanol–water partition coefficient (Wildman–Crippen LogP) is 0.923. The fourth-order valence-corrected chi connectivity index (χ4v) is 2.98. The van der Waals surface area contributed by atoms with Crippen molar-refractivity contribution in [1.29, 1.82) is 0 Å². The lowest BCUT2D eigenvalue weighted by molar-refractivity contribution is -0.124. The standard InChI is InChI=1S/C12H16N2O2S/c1-16-6-9(13)12(15)14-10-7-17-11-5-3-2-4-8(10)11/h2-5,9-10H,6-7,13H2,1H3,(H,14,15). The van der Waals surface area contributed by atoms with Gasteiger partial charge in [-0.3, -0.25) is 4.79 Å². The summed E-state index contributed by atoms with van der Waals surface area (Å²) in [4.78, 5) is 13.0. The molecule has 0 bridgehead atoms.